The van der Waals surface area contributed by atoms with Gasteiger partial charge in [-0.1, -0.05) is 29.3 Å². The minimum absolute atomic E-state index is 0.0261. The number of hydrogen-bond acceptors (Lipinski definition) is 5. The molecule has 0 aliphatic carbocycles. The summed E-state index contributed by atoms with van der Waals surface area (Å²) in [6, 6.07) is 13.9. The van der Waals surface area contributed by atoms with E-state index >= 15 is 0 Å². The highest BCUT2D eigenvalue weighted by Gasteiger charge is 2.23. The van der Waals surface area contributed by atoms with E-state index in [1.54, 1.807) is 4.90 Å². The van der Waals surface area contributed by atoms with Crippen LogP contribution in [0.4, 0.5) is 32.3 Å². The van der Waals surface area contributed by atoms with Crippen molar-refractivity contribution in [2.75, 3.05) is 41.7 Å². The van der Waals surface area contributed by atoms with E-state index in [-0.39, 0.29) is 11.1 Å². The fraction of sp³-hybridized carbons (Fsp3) is 0.261. The van der Waals surface area contributed by atoms with Crippen molar-refractivity contribution >= 4 is 40.8 Å². The first-order valence-corrected chi connectivity index (χ1v) is 10.7. The number of nitrogens with zero attached hydrogens (tertiary/aromatic N) is 4. The van der Waals surface area contributed by atoms with Crippen LogP contribution in [0.15, 0.2) is 48.5 Å². The van der Waals surface area contributed by atoms with Gasteiger partial charge in [0, 0.05) is 49.3 Å². The first-order chi connectivity index (χ1) is 15.4. The number of rotatable bonds is 4. The van der Waals surface area contributed by atoms with Crippen LogP contribution in [0.1, 0.15) is 11.3 Å². The van der Waals surface area contributed by atoms with Gasteiger partial charge in [0.2, 0.25) is 5.95 Å². The molecule has 7 nitrogen and oxygen atoms in total. The molecule has 1 saturated heterocycles. The lowest BCUT2D eigenvalue weighted by Crippen LogP contribution is -2.50. The van der Waals surface area contributed by atoms with Crippen LogP contribution in [-0.4, -0.2) is 47.1 Å². The number of hydrogen-bond donors (Lipinski definition) is 2. The molecular formula is C23H24ClFN6O. The molecular weight excluding hydrogens is 431 g/mol. The van der Waals surface area contributed by atoms with Crippen molar-refractivity contribution in [1.29, 1.82) is 0 Å². The van der Waals surface area contributed by atoms with Crippen LogP contribution in [0.25, 0.3) is 0 Å². The first kappa shape index (κ1) is 21.8. The smallest absolute Gasteiger partial charge is 0.321 e. The molecule has 2 aromatic carbocycles. The number of aryl methyl sites for hydroxylation is 2. The molecule has 0 unspecified atom stereocenters. The number of anilines is 4. The minimum Gasteiger partial charge on any atom is -0.353 e. The summed E-state index contributed by atoms with van der Waals surface area (Å²) in [6.07, 6.45) is 0. The lowest BCUT2D eigenvalue weighted by atomic mass is 10.2. The van der Waals surface area contributed by atoms with Crippen molar-refractivity contribution in [3.63, 3.8) is 0 Å². The quantitative estimate of drug-likeness (QED) is 0.581. The highest BCUT2D eigenvalue weighted by atomic mass is 35.5. The largest absolute Gasteiger partial charge is 0.353 e. The number of carbonyl (C=O) groups is 1. The van der Waals surface area contributed by atoms with Crippen molar-refractivity contribution < 1.29 is 9.18 Å². The second-order valence-electron chi connectivity index (χ2n) is 7.72. The Labute approximate surface area is 191 Å². The average molecular weight is 455 g/mol. The van der Waals surface area contributed by atoms with Gasteiger partial charge < -0.3 is 20.4 Å². The Morgan fingerprint density at radius 1 is 0.969 bits per heavy atom. The molecule has 0 saturated carbocycles. The van der Waals surface area contributed by atoms with Crippen molar-refractivity contribution in [3.8, 4) is 0 Å². The van der Waals surface area contributed by atoms with Gasteiger partial charge in [0.25, 0.3) is 0 Å². The molecule has 0 bridgehead atoms. The van der Waals surface area contributed by atoms with Gasteiger partial charge in [-0.3, -0.25) is 0 Å². The van der Waals surface area contributed by atoms with E-state index in [2.05, 4.69) is 25.5 Å². The van der Waals surface area contributed by atoms with E-state index in [4.69, 9.17) is 11.6 Å². The van der Waals surface area contributed by atoms with Crippen molar-refractivity contribution in [2.24, 2.45) is 0 Å². The SMILES string of the molecule is Cc1ccc(Nc2nc(C)cc(N3CCN(C(=O)Nc4ccc(F)c(Cl)c4)CC3)n2)cc1. The third kappa shape index (κ3) is 5.26. The highest BCUT2D eigenvalue weighted by Crippen LogP contribution is 2.22. The van der Waals surface area contributed by atoms with Crippen LogP contribution in [-0.2, 0) is 0 Å². The molecule has 4 rings (SSSR count). The van der Waals surface area contributed by atoms with Crippen LogP contribution < -0.4 is 15.5 Å². The summed E-state index contributed by atoms with van der Waals surface area (Å²) in [5, 5.41) is 5.99. The molecule has 166 valence electrons. The lowest BCUT2D eigenvalue weighted by molar-refractivity contribution is 0.208. The number of aromatic nitrogens is 2. The second-order valence-corrected chi connectivity index (χ2v) is 8.12. The molecule has 1 aromatic heterocycles. The number of piperazine rings is 1. The number of urea groups is 1. The normalized spacial score (nSPS) is 13.8. The van der Waals surface area contributed by atoms with Gasteiger partial charge in [-0.15, -0.1) is 0 Å². The van der Waals surface area contributed by atoms with Crippen LogP contribution in [0.3, 0.4) is 0 Å². The standard InChI is InChI=1S/C23H24ClFN6O/c1-15-3-5-17(6-4-15)27-22-26-16(2)13-21(29-22)30-9-11-31(12-10-30)23(32)28-18-7-8-20(25)19(24)14-18/h3-8,13-14H,9-12H2,1-2H3,(H,28,32)(H,26,27,29). The van der Waals surface area contributed by atoms with E-state index in [1.807, 2.05) is 44.2 Å². The zero-order valence-electron chi connectivity index (χ0n) is 17.9. The summed E-state index contributed by atoms with van der Waals surface area (Å²) in [6.45, 7) is 6.31. The molecule has 1 fully saturated rings. The molecule has 1 aliphatic rings. The Bertz CT molecular complexity index is 1120. The average Bonchev–Trinajstić information content (AvgIpc) is 2.77. The van der Waals surface area contributed by atoms with Gasteiger partial charge in [0.05, 0.1) is 5.02 Å². The fourth-order valence-corrected chi connectivity index (χ4v) is 3.63. The Balaban J connectivity index is 1.38. The van der Waals surface area contributed by atoms with Crippen molar-refractivity contribution in [3.05, 3.63) is 70.6 Å². The van der Waals surface area contributed by atoms with E-state index in [1.165, 1.54) is 23.8 Å². The van der Waals surface area contributed by atoms with Crippen molar-refractivity contribution in [2.45, 2.75) is 13.8 Å². The maximum Gasteiger partial charge on any atom is 0.321 e. The summed E-state index contributed by atoms with van der Waals surface area (Å²) in [4.78, 5) is 25.6. The van der Waals surface area contributed by atoms with Crippen LogP contribution in [0.5, 0.6) is 0 Å². The van der Waals surface area contributed by atoms with Crippen LogP contribution >= 0.6 is 11.6 Å². The molecule has 0 atom stereocenters. The molecule has 3 aromatic rings. The first-order valence-electron chi connectivity index (χ1n) is 10.3. The predicted octanol–water partition coefficient (Wildman–Crippen LogP) is 4.98. The molecule has 1 aliphatic heterocycles. The van der Waals surface area contributed by atoms with E-state index < -0.39 is 5.82 Å². The molecule has 2 N–H and O–H groups in total. The summed E-state index contributed by atoms with van der Waals surface area (Å²) in [5.74, 6) is 0.837. The lowest BCUT2D eigenvalue weighted by Gasteiger charge is -2.35. The van der Waals surface area contributed by atoms with Gasteiger partial charge in [0.15, 0.2) is 0 Å². The maximum atomic E-state index is 13.3. The second kappa shape index (κ2) is 9.40. The summed E-state index contributed by atoms with van der Waals surface area (Å²) in [7, 11) is 0. The zero-order valence-corrected chi connectivity index (χ0v) is 18.7. The number of benzene rings is 2. The molecule has 32 heavy (non-hydrogen) atoms. The van der Waals surface area contributed by atoms with Crippen LogP contribution in [0.2, 0.25) is 5.02 Å². The summed E-state index contributed by atoms with van der Waals surface area (Å²) >= 11 is 5.79. The summed E-state index contributed by atoms with van der Waals surface area (Å²) in [5.41, 5.74) is 3.43. The Hall–Kier alpha value is -3.39. The Kier molecular flexibility index (Phi) is 6.41. The predicted molar refractivity (Wildman–Crippen MR) is 125 cm³/mol. The zero-order chi connectivity index (χ0) is 22.7. The van der Waals surface area contributed by atoms with Crippen LogP contribution in [0, 0.1) is 19.7 Å². The number of nitrogens with one attached hydrogen (secondary N) is 2. The monoisotopic (exact) mass is 454 g/mol. The Morgan fingerprint density at radius 2 is 1.66 bits per heavy atom. The molecule has 2 amide bonds. The third-order valence-electron chi connectivity index (χ3n) is 5.21. The minimum atomic E-state index is -0.519. The van der Waals surface area contributed by atoms with Gasteiger partial charge in [-0.2, -0.15) is 4.98 Å². The van der Waals surface area contributed by atoms with Gasteiger partial charge >= 0.3 is 6.03 Å². The molecule has 9 heteroatoms. The van der Waals surface area contributed by atoms with Gasteiger partial charge in [-0.25, -0.2) is 14.2 Å². The van der Waals surface area contributed by atoms with Crippen molar-refractivity contribution in [1.82, 2.24) is 14.9 Å². The number of halogens is 2. The highest BCUT2D eigenvalue weighted by molar-refractivity contribution is 6.31. The van der Waals surface area contributed by atoms with E-state index in [0.717, 1.165) is 17.2 Å². The van der Waals surface area contributed by atoms with E-state index in [9.17, 15) is 9.18 Å². The fourth-order valence-electron chi connectivity index (χ4n) is 3.45. The van der Waals surface area contributed by atoms with E-state index in [0.29, 0.717) is 37.8 Å². The third-order valence-corrected chi connectivity index (χ3v) is 5.50. The van der Waals surface area contributed by atoms with Gasteiger partial charge in [0.1, 0.15) is 11.6 Å². The molecule has 0 spiro atoms. The maximum absolute atomic E-state index is 13.3. The van der Waals surface area contributed by atoms with Gasteiger partial charge in [-0.05, 0) is 44.2 Å². The summed E-state index contributed by atoms with van der Waals surface area (Å²) < 4.78 is 13.3. The Morgan fingerprint density at radius 3 is 2.34 bits per heavy atom. The molecule has 2 heterocycles. The molecule has 0 radical (unpaired) electrons. The number of amides is 2. The topological polar surface area (TPSA) is 73.4 Å². The number of carbonyl (C=O) groups excluding carboxylic acids is 1.